The van der Waals surface area contributed by atoms with Gasteiger partial charge in [-0.15, -0.1) is 0 Å². The van der Waals surface area contributed by atoms with Gasteiger partial charge < -0.3 is 16.2 Å². The normalized spacial score (nSPS) is 12.0. The van der Waals surface area contributed by atoms with Crippen molar-refractivity contribution < 1.29 is 9.53 Å². The summed E-state index contributed by atoms with van der Waals surface area (Å²) in [7, 11) is 1.57. The van der Waals surface area contributed by atoms with Crippen LogP contribution in [0.25, 0.3) is 16.3 Å². The molecule has 0 fully saturated rings. The molecular formula is C24H28ClN3O2. The third-order valence-corrected chi connectivity index (χ3v) is 5.04. The summed E-state index contributed by atoms with van der Waals surface area (Å²) in [6, 6.07) is 8.96. The molecular weight excluding hydrogens is 398 g/mol. The smallest absolute Gasteiger partial charge is 0.280 e. The van der Waals surface area contributed by atoms with Crippen LogP contribution in [0.5, 0.6) is 0 Å². The average Bonchev–Trinajstić information content (AvgIpc) is 2.72. The van der Waals surface area contributed by atoms with Crippen LogP contribution in [0.4, 0.5) is 0 Å². The molecule has 2 aromatic carbocycles. The second-order valence-corrected chi connectivity index (χ2v) is 7.43. The number of halogens is 1. The monoisotopic (exact) mass is 425 g/mol. The van der Waals surface area contributed by atoms with Crippen LogP contribution >= 0.6 is 11.6 Å². The number of aliphatic imine (C=N–C) groups is 1. The summed E-state index contributed by atoms with van der Waals surface area (Å²) in [5, 5.41) is 2.22. The molecule has 0 saturated carbocycles. The van der Waals surface area contributed by atoms with E-state index in [0.717, 1.165) is 41.2 Å². The number of methoxy groups -OCH3 is 1. The number of benzene rings is 2. The van der Waals surface area contributed by atoms with Gasteiger partial charge in [-0.25, -0.2) is 0 Å². The van der Waals surface area contributed by atoms with E-state index in [4.69, 9.17) is 27.8 Å². The predicted octanol–water partition coefficient (Wildman–Crippen LogP) is 5.59. The summed E-state index contributed by atoms with van der Waals surface area (Å²) in [6.45, 7) is 8.29. The Labute approximate surface area is 182 Å². The summed E-state index contributed by atoms with van der Waals surface area (Å²) in [6.07, 6.45) is 7.29. The largest absolute Gasteiger partial charge is 0.497 e. The Balaban J connectivity index is 2.70. The summed E-state index contributed by atoms with van der Waals surface area (Å²) < 4.78 is 5.44. The molecule has 0 saturated heterocycles. The first-order valence-corrected chi connectivity index (χ1v) is 10.1. The maximum Gasteiger partial charge on any atom is 0.280 e. The molecule has 30 heavy (non-hydrogen) atoms. The molecule has 2 aromatic rings. The van der Waals surface area contributed by atoms with Crippen LogP contribution in [0.15, 0.2) is 65.4 Å². The fourth-order valence-electron chi connectivity index (χ4n) is 3.07. The summed E-state index contributed by atoms with van der Waals surface area (Å²) in [5.74, 6) is -0.327. The number of nitrogens with zero attached hydrogens (tertiary/aromatic N) is 1. The molecule has 0 bridgehead atoms. The molecule has 2 rings (SSSR count). The number of carbonyl (C=O) groups excluding carboxylic acids is 1. The van der Waals surface area contributed by atoms with Gasteiger partial charge in [0.2, 0.25) is 0 Å². The summed E-state index contributed by atoms with van der Waals surface area (Å²) >= 11 is 6.60. The molecule has 0 radical (unpaired) electrons. The van der Waals surface area contributed by atoms with E-state index < -0.39 is 5.91 Å². The first kappa shape index (κ1) is 23.2. The molecule has 0 unspecified atom stereocenters. The fraction of sp³-hybridized carbons (Fsp3) is 0.250. The predicted molar refractivity (Wildman–Crippen MR) is 127 cm³/mol. The lowest BCUT2D eigenvalue weighted by atomic mass is 9.94. The third-order valence-electron chi connectivity index (χ3n) is 4.72. The lowest BCUT2D eigenvalue weighted by Gasteiger charge is -2.15. The van der Waals surface area contributed by atoms with Crippen molar-refractivity contribution in [2.24, 2.45) is 16.5 Å². The number of nitrogens with two attached hydrogens (primary N) is 2. The van der Waals surface area contributed by atoms with Crippen molar-refractivity contribution in [1.82, 2.24) is 0 Å². The SMILES string of the molecule is C=C(OC)/C(=C\C=C(\C)CCCC)c1c(Cl)ccc2ccc(C(=O)N=C(N)N)cc12. The lowest BCUT2D eigenvalue weighted by Crippen LogP contribution is -2.24. The Morgan fingerprint density at radius 2 is 1.93 bits per heavy atom. The quantitative estimate of drug-likeness (QED) is 0.249. The van der Waals surface area contributed by atoms with E-state index in [1.165, 1.54) is 5.57 Å². The van der Waals surface area contributed by atoms with Crippen molar-refractivity contribution in [1.29, 1.82) is 0 Å². The molecule has 158 valence electrons. The van der Waals surface area contributed by atoms with Crippen molar-refractivity contribution in [3.05, 3.63) is 76.5 Å². The molecule has 0 aliphatic carbocycles. The van der Waals surface area contributed by atoms with Crippen LogP contribution in [0.2, 0.25) is 5.02 Å². The van der Waals surface area contributed by atoms with Crippen LogP contribution in [0.1, 0.15) is 49.0 Å². The molecule has 4 N–H and O–H groups in total. The zero-order valence-corrected chi connectivity index (χ0v) is 18.4. The van der Waals surface area contributed by atoms with E-state index in [0.29, 0.717) is 16.3 Å². The number of ether oxygens (including phenoxy) is 1. The molecule has 5 nitrogen and oxygen atoms in total. The van der Waals surface area contributed by atoms with Crippen LogP contribution in [0, 0.1) is 0 Å². The number of amides is 1. The molecule has 0 heterocycles. The number of hydrogen-bond acceptors (Lipinski definition) is 2. The highest BCUT2D eigenvalue weighted by Crippen LogP contribution is 2.36. The Kier molecular flexibility index (Phi) is 8.25. The van der Waals surface area contributed by atoms with Crippen LogP contribution < -0.4 is 11.5 Å². The minimum atomic E-state index is -0.519. The highest BCUT2D eigenvalue weighted by molar-refractivity contribution is 6.34. The van der Waals surface area contributed by atoms with Crippen molar-refractivity contribution >= 4 is 39.8 Å². The van der Waals surface area contributed by atoms with E-state index >= 15 is 0 Å². The van der Waals surface area contributed by atoms with Crippen molar-refractivity contribution in [2.75, 3.05) is 7.11 Å². The van der Waals surface area contributed by atoms with E-state index in [2.05, 4.69) is 31.5 Å². The zero-order chi connectivity index (χ0) is 22.3. The first-order chi connectivity index (χ1) is 14.3. The van der Waals surface area contributed by atoms with E-state index in [-0.39, 0.29) is 5.96 Å². The van der Waals surface area contributed by atoms with Gasteiger partial charge in [-0.05, 0) is 48.7 Å². The minimum absolute atomic E-state index is 0.285. The molecule has 0 atom stereocenters. The van der Waals surface area contributed by atoms with Gasteiger partial charge in [-0.2, -0.15) is 4.99 Å². The van der Waals surface area contributed by atoms with Crippen molar-refractivity contribution in [2.45, 2.75) is 33.1 Å². The van der Waals surface area contributed by atoms with E-state index in [1.807, 2.05) is 24.3 Å². The zero-order valence-electron chi connectivity index (χ0n) is 17.7. The molecule has 6 heteroatoms. The average molecular weight is 426 g/mol. The highest BCUT2D eigenvalue weighted by Gasteiger charge is 2.16. The van der Waals surface area contributed by atoms with Gasteiger partial charge in [-0.3, -0.25) is 4.79 Å². The molecule has 0 aliphatic rings. The van der Waals surface area contributed by atoms with Crippen LogP contribution in [0.3, 0.4) is 0 Å². The number of unbranched alkanes of at least 4 members (excludes halogenated alkanes) is 1. The van der Waals surface area contributed by atoms with Crippen LogP contribution in [-0.2, 0) is 4.74 Å². The Bertz CT molecular complexity index is 1050. The van der Waals surface area contributed by atoms with Gasteiger partial charge in [0.15, 0.2) is 5.96 Å². The van der Waals surface area contributed by atoms with Gasteiger partial charge in [0.25, 0.3) is 5.91 Å². The Morgan fingerprint density at radius 3 is 2.57 bits per heavy atom. The summed E-state index contributed by atoms with van der Waals surface area (Å²) in [4.78, 5) is 15.9. The molecule has 1 amide bonds. The van der Waals surface area contributed by atoms with E-state index in [9.17, 15) is 4.79 Å². The van der Waals surface area contributed by atoms with Gasteiger partial charge in [-0.1, -0.05) is 61.4 Å². The van der Waals surface area contributed by atoms with Crippen molar-refractivity contribution in [3.8, 4) is 0 Å². The Hall–Kier alpha value is -3.05. The lowest BCUT2D eigenvalue weighted by molar-refractivity contribution is 0.100. The standard InChI is InChI=1S/C24H28ClN3O2/c1-5-6-7-15(2)8-12-19(16(3)30-4)22-20-14-18(23(29)28-24(26)27)10-9-17(20)11-13-21(22)25/h8-14H,3,5-7H2,1-2,4H3,(H4,26,27,28,29)/b15-8-,19-12+. The number of fused-ring (bicyclic) bond motifs is 1. The maximum atomic E-state index is 12.3. The highest BCUT2D eigenvalue weighted by atomic mass is 35.5. The minimum Gasteiger partial charge on any atom is -0.497 e. The first-order valence-electron chi connectivity index (χ1n) is 9.75. The third kappa shape index (κ3) is 5.74. The van der Waals surface area contributed by atoms with E-state index in [1.54, 1.807) is 19.2 Å². The number of carbonyl (C=O) groups is 1. The molecule has 0 aliphatic heterocycles. The number of guanidine groups is 1. The Morgan fingerprint density at radius 1 is 1.23 bits per heavy atom. The maximum absolute atomic E-state index is 12.3. The summed E-state index contributed by atoms with van der Waals surface area (Å²) in [5.41, 5.74) is 13.8. The van der Waals surface area contributed by atoms with Gasteiger partial charge in [0.05, 0.1) is 7.11 Å². The molecule has 0 aromatic heterocycles. The van der Waals surface area contributed by atoms with Crippen molar-refractivity contribution in [3.63, 3.8) is 0 Å². The topological polar surface area (TPSA) is 90.7 Å². The second-order valence-electron chi connectivity index (χ2n) is 7.02. The van der Waals surface area contributed by atoms with Gasteiger partial charge >= 0.3 is 0 Å². The fourth-order valence-corrected chi connectivity index (χ4v) is 3.34. The van der Waals surface area contributed by atoms with Gasteiger partial charge in [0.1, 0.15) is 5.76 Å². The van der Waals surface area contributed by atoms with Crippen LogP contribution in [-0.4, -0.2) is 19.0 Å². The second kappa shape index (κ2) is 10.6. The number of hydrogen-bond donors (Lipinski definition) is 2. The number of allylic oxidation sites excluding steroid dienone is 4. The molecule has 0 spiro atoms. The van der Waals surface area contributed by atoms with Gasteiger partial charge in [0, 0.05) is 21.7 Å². The number of rotatable bonds is 8.